The van der Waals surface area contributed by atoms with Crippen LogP contribution in [0, 0.1) is 5.92 Å². The highest BCUT2D eigenvalue weighted by Crippen LogP contribution is 2.28. The first-order valence-corrected chi connectivity index (χ1v) is 10.5. The zero-order valence-electron chi connectivity index (χ0n) is 14.0. The van der Waals surface area contributed by atoms with Crippen molar-refractivity contribution in [3.63, 3.8) is 0 Å². The molecule has 2 aromatic rings. The minimum absolute atomic E-state index is 0.169. The summed E-state index contributed by atoms with van der Waals surface area (Å²) < 4.78 is 28.3. The molecule has 4 N–H and O–H groups in total. The Kier molecular flexibility index (Phi) is 6.79. The molecule has 2 unspecified atom stereocenters. The van der Waals surface area contributed by atoms with Crippen molar-refractivity contribution in [1.82, 2.24) is 10.0 Å². The Morgan fingerprint density at radius 1 is 1.21 bits per heavy atom. The van der Waals surface area contributed by atoms with Crippen molar-refractivity contribution in [2.24, 2.45) is 5.92 Å². The number of nitrogen functional groups attached to an aromatic ring is 1. The van der Waals surface area contributed by atoms with Crippen molar-refractivity contribution in [3.8, 4) is 0 Å². The summed E-state index contributed by atoms with van der Waals surface area (Å²) in [6, 6.07) is 7.99. The van der Waals surface area contributed by atoms with Crippen LogP contribution in [0.15, 0.2) is 46.0 Å². The Bertz CT molecular complexity index is 713. The molecule has 0 saturated heterocycles. The number of nitrogens with one attached hydrogen (secondary N) is 2. The van der Waals surface area contributed by atoms with Gasteiger partial charge in [0.15, 0.2) is 0 Å². The second kappa shape index (κ2) is 8.62. The fraction of sp³-hybridized carbons (Fsp3) is 0.412. The number of rotatable bonds is 9. The maximum atomic E-state index is 12.7. The largest absolute Gasteiger partial charge is 0.399 e. The molecule has 2 rings (SSSR count). The number of nitrogens with two attached hydrogens (primary N) is 1. The molecule has 1 aromatic heterocycles. The van der Waals surface area contributed by atoms with Gasteiger partial charge in [0, 0.05) is 5.69 Å². The van der Waals surface area contributed by atoms with E-state index < -0.39 is 10.0 Å². The molecule has 0 bridgehead atoms. The third-order valence-electron chi connectivity index (χ3n) is 3.97. The highest BCUT2D eigenvalue weighted by Gasteiger charge is 2.26. The number of thiophene rings is 1. The molecule has 0 spiro atoms. The van der Waals surface area contributed by atoms with Gasteiger partial charge in [-0.15, -0.1) is 0 Å². The summed E-state index contributed by atoms with van der Waals surface area (Å²) in [5.41, 5.74) is 7.19. The van der Waals surface area contributed by atoms with Crippen LogP contribution < -0.4 is 15.8 Å². The van der Waals surface area contributed by atoms with E-state index >= 15 is 0 Å². The molecule has 0 amide bonds. The van der Waals surface area contributed by atoms with Gasteiger partial charge in [0.25, 0.3) is 0 Å². The Balaban J connectivity index is 2.19. The van der Waals surface area contributed by atoms with Gasteiger partial charge in [0.2, 0.25) is 10.0 Å². The molecule has 7 heteroatoms. The van der Waals surface area contributed by atoms with E-state index in [-0.39, 0.29) is 16.9 Å². The molecule has 1 heterocycles. The molecular weight excluding hydrogens is 342 g/mol. The van der Waals surface area contributed by atoms with E-state index in [1.807, 2.05) is 16.8 Å². The topological polar surface area (TPSA) is 84.2 Å². The Morgan fingerprint density at radius 2 is 1.92 bits per heavy atom. The molecule has 1 aromatic carbocycles. The second-order valence-corrected chi connectivity index (χ2v) is 8.34. The molecule has 5 nitrogen and oxygen atoms in total. The van der Waals surface area contributed by atoms with Crippen LogP contribution in [0.1, 0.15) is 31.9 Å². The second-order valence-electron chi connectivity index (χ2n) is 5.84. The molecule has 0 saturated carbocycles. The van der Waals surface area contributed by atoms with Crippen molar-refractivity contribution in [3.05, 3.63) is 46.7 Å². The van der Waals surface area contributed by atoms with Crippen molar-refractivity contribution in [2.45, 2.75) is 31.2 Å². The van der Waals surface area contributed by atoms with Crippen LogP contribution in [0.3, 0.4) is 0 Å². The van der Waals surface area contributed by atoms with E-state index in [9.17, 15) is 8.42 Å². The normalized spacial score (nSPS) is 14.4. The molecule has 2 atom stereocenters. The van der Waals surface area contributed by atoms with Crippen LogP contribution in [0.5, 0.6) is 0 Å². The molecule has 0 radical (unpaired) electrons. The van der Waals surface area contributed by atoms with E-state index in [1.165, 1.54) is 12.1 Å². The lowest BCUT2D eigenvalue weighted by Gasteiger charge is -2.25. The van der Waals surface area contributed by atoms with Crippen molar-refractivity contribution < 1.29 is 8.42 Å². The van der Waals surface area contributed by atoms with Crippen LogP contribution in [-0.2, 0) is 10.0 Å². The maximum Gasteiger partial charge on any atom is 0.241 e. The summed E-state index contributed by atoms with van der Waals surface area (Å²) in [4.78, 5) is 0.232. The first-order valence-electron chi connectivity index (χ1n) is 8.04. The highest BCUT2D eigenvalue weighted by molar-refractivity contribution is 7.89. The monoisotopic (exact) mass is 367 g/mol. The van der Waals surface area contributed by atoms with Crippen LogP contribution in [-0.4, -0.2) is 21.5 Å². The molecule has 0 fully saturated rings. The minimum atomic E-state index is -3.60. The molecular formula is C17H25N3O2S2. The van der Waals surface area contributed by atoms with Gasteiger partial charge in [-0.1, -0.05) is 13.8 Å². The first-order chi connectivity index (χ1) is 11.4. The average molecular weight is 368 g/mol. The van der Waals surface area contributed by atoms with Crippen molar-refractivity contribution in [2.75, 3.05) is 18.8 Å². The van der Waals surface area contributed by atoms with Crippen molar-refractivity contribution >= 4 is 27.0 Å². The quantitative estimate of drug-likeness (QED) is 0.470. The van der Waals surface area contributed by atoms with Crippen molar-refractivity contribution in [1.29, 1.82) is 0 Å². The number of anilines is 1. The predicted molar refractivity (Wildman–Crippen MR) is 101 cm³/mol. The minimum Gasteiger partial charge on any atom is -0.399 e. The van der Waals surface area contributed by atoms with Gasteiger partial charge in [-0.3, -0.25) is 0 Å². The van der Waals surface area contributed by atoms with Gasteiger partial charge < -0.3 is 11.1 Å². The molecule has 132 valence electrons. The summed E-state index contributed by atoms with van der Waals surface area (Å²) in [5.74, 6) is 0.169. The van der Waals surface area contributed by atoms with Crippen LogP contribution >= 0.6 is 11.3 Å². The van der Waals surface area contributed by atoms with Gasteiger partial charge >= 0.3 is 0 Å². The maximum absolute atomic E-state index is 12.7. The third-order valence-corrected chi connectivity index (χ3v) is 6.13. The standard InChI is InChI=1S/C17H25N3O2S2/c1-3-19-10-8-13(2)17(14-9-11-23-12-14)20-24(21,22)16-6-4-15(18)5-7-16/h4-7,9,11-13,17,19-20H,3,8,10,18H2,1-2H3. The van der Waals surface area contributed by atoms with Gasteiger partial charge in [-0.25, -0.2) is 13.1 Å². The zero-order valence-corrected chi connectivity index (χ0v) is 15.7. The fourth-order valence-corrected chi connectivity index (χ4v) is 4.55. The van der Waals surface area contributed by atoms with Gasteiger partial charge in [0.05, 0.1) is 10.9 Å². The van der Waals surface area contributed by atoms with E-state index in [0.29, 0.717) is 5.69 Å². The van der Waals surface area contributed by atoms with E-state index in [1.54, 1.807) is 23.5 Å². The third kappa shape index (κ3) is 5.04. The van der Waals surface area contributed by atoms with E-state index in [4.69, 9.17) is 5.73 Å². The predicted octanol–water partition coefficient (Wildman–Crippen LogP) is 2.99. The summed E-state index contributed by atoms with van der Waals surface area (Å²) in [6.07, 6.45) is 0.888. The fourth-order valence-electron chi connectivity index (χ4n) is 2.52. The summed E-state index contributed by atoms with van der Waals surface area (Å²) >= 11 is 1.57. The number of hydrogen-bond donors (Lipinski definition) is 3. The molecule has 0 aliphatic carbocycles. The average Bonchev–Trinajstić information content (AvgIpc) is 3.07. The van der Waals surface area contributed by atoms with E-state index in [2.05, 4.69) is 23.9 Å². The highest BCUT2D eigenvalue weighted by atomic mass is 32.2. The number of benzene rings is 1. The lowest BCUT2D eigenvalue weighted by atomic mass is 9.94. The number of hydrogen-bond acceptors (Lipinski definition) is 5. The molecule has 24 heavy (non-hydrogen) atoms. The number of sulfonamides is 1. The Labute approximate surface area is 148 Å². The van der Waals surface area contributed by atoms with E-state index in [0.717, 1.165) is 25.1 Å². The van der Waals surface area contributed by atoms with Gasteiger partial charge in [-0.05, 0) is 72.1 Å². The summed E-state index contributed by atoms with van der Waals surface area (Å²) in [6.45, 7) is 5.91. The summed E-state index contributed by atoms with van der Waals surface area (Å²) in [7, 11) is -3.60. The summed E-state index contributed by atoms with van der Waals surface area (Å²) in [5, 5.41) is 7.26. The van der Waals surface area contributed by atoms with Crippen LogP contribution in [0.2, 0.25) is 0 Å². The Morgan fingerprint density at radius 3 is 2.50 bits per heavy atom. The first kappa shape index (κ1) is 18.9. The lowest BCUT2D eigenvalue weighted by molar-refractivity contribution is 0.399. The van der Waals surface area contributed by atoms with Gasteiger partial charge in [-0.2, -0.15) is 11.3 Å². The molecule has 0 aliphatic heterocycles. The van der Waals surface area contributed by atoms with Crippen LogP contribution in [0.4, 0.5) is 5.69 Å². The molecule has 0 aliphatic rings. The van der Waals surface area contributed by atoms with Crippen LogP contribution in [0.25, 0.3) is 0 Å². The Hall–Kier alpha value is -1.41. The SMILES string of the molecule is CCNCCC(C)C(NS(=O)(=O)c1ccc(N)cc1)c1ccsc1. The lowest BCUT2D eigenvalue weighted by Crippen LogP contribution is -2.33. The van der Waals surface area contributed by atoms with Gasteiger partial charge in [0.1, 0.15) is 0 Å². The zero-order chi connectivity index (χ0) is 17.6. The smallest absolute Gasteiger partial charge is 0.241 e.